The lowest BCUT2D eigenvalue weighted by Gasteiger charge is -2.29. The molecule has 0 aliphatic carbocycles. The van der Waals surface area contributed by atoms with Gasteiger partial charge in [0.15, 0.2) is 0 Å². The molecule has 2 aromatic heterocycles. The normalized spacial score (nSPS) is 13.7. The van der Waals surface area contributed by atoms with E-state index in [1.807, 2.05) is 84.9 Å². The van der Waals surface area contributed by atoms with Gasteiger partial charge < -0.3 is 10.2 Å². The largest absolute Gasteiger partial charge is 0.468 e. The average molecular weight is 403 g/mol. The summed E-state index contributed by atoms with van der Waals surface area (Å²) in [5.41, 5.74) is 7.28. The highest BCUT2D eigenvalue weighted by Crippen LogP contribution is 2.44. The molecule has 4 aromatic rings. The number of nitrogens with two attached hydrogens (primary N) is 1. The molecule has 0 saturated carbocycles. The summed E-state index contributed by atoms with van der Waals surface area (Å²) in [5, 5.41) is 4.77. The van der Waals surface area contributed by atoms with Crippen molar-refractivity contribution in [1.82, 2.24) is 10.1 Å². The van der Waals surface area contributed by atoms with Gasteiger partial charge in [-0.25, -0.2) is 5.09 Å². The van der Waals surface area contributed by atoms with E-state index in [9.17, 15) is 4.57 Å². The van der Waals surface area contributed by atoms with Crippen molar-refractivity contribution in [3.05, 3.63) is 115 Å². The molecule has 0 saturated heterocycles. The second-order valence-electron chi connectivity index (χ2n) is 6.68. The number of benzene rings is 2. The first-order valence-electron chi connectivity index (χ1n) is 9.37. The van der Waals surface area contributed by atoms with Crippen LogP contribution in [0.1, 0.15) is 23.5 Å². The molecule has 0 amide bonds. The Morgan fingerprint density at radius 3 is 1.97 bits per heavy atom. The molecule has 2 atom stereocenters. The summed E-state index contributed by atoms with van der Waals surface area (Å²) in [6.07, 6.45) is 3.29. The number of furan rings is 1. The highest BCUT2D eigenvalue weighted by atomic mass is 31.2. The second kappa shape index (κ2) is 8.58. The van der Waals surface area contributed by atoms with Gasteiger partial charge in [0.25, 0.3) is 0 Å². The van der Waals surface area contributed by atoms with Crippen molar-refractivity contribution in [2.75, 3.05) is 0 Å². The smallest absolute Gasteiger partial charge is 0.205 e. The summed E-state index contributed by atoms with van der Waals surface area (Å²) in [5.74, 6) is 0.607. The van der Waals surface area contributed by atoms with E-state index in [-0.39, 0.29) is 0 Å². The number of aromatic nitrogens is 1. The van der Waals surface area contributed by atoms with Crippen molar-refractivity contribution >= 4 is 17.9 Å². The third kappa shape index (κ3) is 4.08. The van der Waals surface area contributed by atoms with Crippen molar-refractivity contribution in [1.29, 1.82) is 0 Å². The standard InChI is InChI=1S/C23H22N3O2P/c24-22(20-14-7-8-16-25-20)23(21-15-9-17-28-21)26-29(27,18-10-3-1-4-11-18)19-12-5-2-6-13-19/h1-17,22-23H,24H2,(H,26,27). The van der Waals surface area contributed by atoms with Crippen LogP contribution in [0.5, 0.6) is 0 Å². The molecule has 146 valence electrons. The van der Waals surface area contributed by atoms with Gasteiger partial charge >= 0.3 is 0 Å². The summed E-state index contributed by atoms with van der Waals surface area (Å²) in [7, 11) is -3.21. The lowest BCUT2D eigenvalue weighted by atomic mass is 10.0. The molecule has 2 heterocycles. The Hall–Kier alpha value is -2.98. The van der Waals surface area contributed by atoms with Gasteiger partial charge in [-0.05, 0) is 48.5 Å². The van der Waals surface area contributed by atoms with Crippen LogP contribution < -0.4 is 21.4 Å². The van der Waals surface area contributed by atoms with Crippen molar-refractivity contribution in [2.24, 2.45) is 5.73 Å². The van der Waals surface area contributed by atoms with Crippen LogP contribution in [0.25, 0.3) is 0 Å². The van der Waals surface area contributed by atoms with Gasteiger partial charge in [-0.3, -0.25) is 9.55 Å². The Kier molecular flexibility index (Phi) is 5.72. The maximum absolute atomic E-state index is 14.4. The molecule has 0 aliphatic rings. The lowest BCUT2D eigenvalue weighted by molar-refractivity contribution is 0.402. The second-order valence-corrected chi connectivity index (χ2v) is 9.19. The minimum Gasteiger partial charge on any atom is -0.468 e. The zero-order valence-electron chi connectivity index (χ0n) is 15.8. The molecule has 0 radical (unpaired) electrons. The van der Waals surface area contributed by atoms with Gasteiger partial charge in [-0.15, -0.1) is 0 Å². The fraction of sp³-hybridized carbons (Fsp3) is 0.0870. The van der Waals surface area contributed by atoms with Crippen LogP contribution in [-0.2, 0) is 4.57 Å². The van der Waals surface area contributed by atoms with Gasteiger partial charge in [0.1, 0.15) is 5.76 Å². The number of pyridine rings is 1. The molecule has 4 rings (SSSR count). The average Bonchev–Trinajstić information content (AvgIpc) is 3.33. The van der Waals surface area contributed by atoms with Gasteiger partial charge in [-0.1, -0.05) is 42.5 Å². The Bertz CT molecular complexity index is 1030. The zero-order valence-corrected chi connectivity index (χ0v) is 16.7. The summed E-state index contributed by atoms with van der Waals surface area (Å²) >= 11 is 0. The van der Waals surface area contributed by atoms with Crippen molar-refractivity contribution in [3.63, 3.8) is 0 Å². The van der Waals surface area contributed by atoms with E-state index >= 15 is 0 Å². The van der Waals surface area contributed by atoms with E-state index < -0.39 is 19.4 Å². The van der Waals surface area contributed by atoms with E-state index in [0.29, 0.717) is 22.1 Å². The van der Waals surface area contributed by atoms with Crippen LogP contribution >= 0.6 is 7.29 Å². The van der Waals surface area contributed by atoms with Gasteiger partial charge in [-0.2, -0.15) is 0 Å². The number of nitrogens with one attached hydrogen (secondary N) is 1. The number of hydrogen-bond acceptors (Lipinski definition) is 4. The first-order valence-corrected chi connectivity index (χ1v) is 11.1. The Labute approximate surface area is 170 Å². The minimum atomic E-state index is -3.21. The number of rotatable bonds is 7. The topological polar surface area (TPSA) is 81.1 Å². The molecule has 2 unspecified atom stereocenters. The monoisotopic (exact) mass is 403 g/mol. The Morgan fingerprint density at radius 2 is 1.45 bits per heavy atom. The maximum Gasteiger partial charge on any atom is 0.205 e. The minimum absolute atomic E-state index is 0.536. The van der Waals surface area contributed by atoms with Crippen molar-refractivity contribution < 1.29 is 8.98 Å². The van der Waals surface area contributed by atoms with Crippen LogP contribution in [0.15, 0.2) is 108 Å². The van der Waals surface area contributed by atoms with Gasteiger partial charge in [0.2, 0.25) is 7.29 Å². The predicted molar refractivity (Wildman–Crippen MR) is 116 cm³/mol. The Morgan fingerprint density at radius 1 is 0.828 bits per heavy atom. The van der Waals surface area contributed by atoms with Crippen molar-refractivity contribution in [3.8, 4) is 0 Å². The highest BCUT2D eigenvalue weighted by molar-refractivity contribution is 7.76. The molecular weight excluding hydrogens is 381 g/mol. The molecule has 0 fully saturated rings. The predicted octanol–water partition coefficient (Wildman–Crippen LogP) is 3.93. The summed E-state index contributed by atoms with van der Waals surface area (Å²) in [6, 6.07) is 26.9. The van der Waals surface area contributed by atoms with Crippen LogP contribution in [0.2, 0.25) is 0 Å². The number of nitrogens with zero attached hydrogens (tertiary/aromatic N) is 1. The SMILES string of the molecule is NC(c1ccccn1)C(NP(=O)(c1ccccc1)c1ccccc1)c1ccco1. The van der Waals surface area contributed by atoms with E-state index in [2.05, 4.69) is 10.1 Å². The molecule has 3 N–H and O–H groups in total. The molecular formula is C23H22N3O2P. The van der Waals surface area contributed by atoms with E-state index in [0.717, 1.165) is 0 Å². The fourth-order valence-corrected chi connectivity index (χ4v) is 5.76. The first-order chi connectivity index (χ1) is 14.2. The molecule has 5 nitrogen and oxygen atoms in total. The molecule has 0 aliphatic heterocycles. The molecule has 2 aromatic carbocycles. The van der Waals surface area contributed by atoms with Gasteiger partial charge in [0, 0.05) is 16.8 Å². The van der Waals surface area contributed by atoms with E-state index in [1.54, 1.807) is 18.5 Å². The molecule has 29 heavy (non-hydrogen) atoms. The maximum atomic E-state index is 14.4. The third-order valence-electron chi connectivity index (χ3n) is 4.80. The molecule has 0 spiro atoms. The number of hydrogen-bond donors (Lipinski definition) is 2. The van der Waals surface area contributed by atoms with Crippen LogP contribution in [-0.4, -0.2) is 4.98 Å². The summed E-state index contributed by atoms with van der Waals surface area (Å²) in [4.78, 5) is 4.39. The zero-order chi connectivity index (χ0) is 20.1. The van der Waals surface area contributed by atoms with Crippen LogP contribution in [0, 0.1) is 0 Å². The first kappa shape index (κ1) is 19.3. The van der Waals surface area contributed by atoms with Crippen LogP contribution in [0.3, 0.4) is 0 Å². The quantitative estimate of drug-likeness (QED) is 0.457. The third-order valence-corrected chi connectivity index (χ3v) is 7.49. The van der Waals surface area contributed by atoms with Crippen molar-refractivity contribution in [2.45, 2.75) is 12.1 Å². The van der Waals surface area contributed by atoms with E-state index in [4.69, 9.17) is 10.2 Å². The van der Waals surface area contributed by atoms with Gasteiger partial charge in [0.05, 0.1) is 24.0 Å². The summed E-state index contributed by atoms with van der Waals surface area (Å²) in [6.45, 7) is 0. The summed E-state index contributed by atoms with van der Waals surface area (Å²) < 4.78 is 20.1. The lowest BCUT2D eigenvalue weighted by Crippen LogP contribution is -2.36. The molecule has 0 bridgehead atoms. The highest BCUT2D eigenvalue weighted by Gasteiger charge is 2.35. The van der Waals surface area contributed by atoms with Crippen LogP contribution in [0.4, 0.5) is 0 Å². The van der Waals surface area contributed by atoms with E-state index in [1.165, 1.54) is 0 Å². The molecule has 6 heteroatoms. The fourth-order valence-electron chi connectivity index (χ4n) is 3.30. The Balaban J connectivity index is 1.80.